The maximum Gasteiger partial charge on any atom is 0.224 e. The van der Waals surface area contributed by atoms with Crippen molar-refractivity contribution in [2.45, 2.75) is 26.2 Å². The molecule has 0 spiro atoms. The first kappa shape index (κ1) is 16.4. The Labute approximate surface area is 113 Å². The molecule has 0 bridgehead atoms. The highest BCUT2D eigenvalue weighted by molar-refractivity contribution is 7.10. The molecule has 1 amide bonds. The van der Waals surface area contributed by atoms with Gasteiger partial charge in [-0.1, -0.05) is 26.8 Å². The lowest BCUT2D eigenvalue weighted by atomic mass is 9.91. The van der Waals surface area contributed by atoms with Gasteiger partial charge in [0.05, 0.1) is 0 Å². The molecule has 1 heterocycles. The van der Waals surface area contributed by atoms with Crippen molar-refractivity contribution in [2.75, 3.05) is 13.1 Å². The molecule has 17 heavy (non-hydrogen) atoms. The monoisotopic (exact) mass is 276 g/mol. The minimum Gasteiger partial charge on any atom is -0.355 e. The summed E-state index contributed by atoms with van der Waals surface area (Å²) in [5, 5.41) is 5.01. The van der Waals surface area contributed by atoms with Crippen LogP contribution in [0.1, 0.15) is 25.6 Å². The van der Waals surface area contributed by atoms with Gasteiger partial charge in [-0.2, -0.15) is 0 Å². The molecule has 98 valence electrons. The average Bonchev–Trinajstić information content (AvgIpc) is 2.78. The smallest absolute Gasteiger partial charge is 0.224 e. The zero-order valence-electron chi connectivity index (χ0n) is 10.5. The highest BCUT2D eigenvalue weighted by atomic mass is 35.5. The number of rotatable bonds is 5. The first-order valence-electron chi connectivity index (χ1n) is 5.49. The summed E-state index contributed by atoms with van der Waals surface area (Å²) in [6, 6.07) is 4.13. The number of hydrogen-bond acceptors (Lipinski definition) is 3. The van der Waals surface area contributed by atoms with Crippen molar-refractivity contribution in [1.82, 2.24) is 5.32 Å². The Bertz CT molecular complexity index is 338. The molecule has 1 rings (SSSR count). The van der Waals surface area contributed by atoms with Gasteiger partial charge in [0.1, 0.15) is 0 Å². The van der Waals surface area contributed by atoms with E-state index in [0.717, 1.165) is 0 Å². The topological polar surface area (TPSA) is 55.1 Å². The number of nitrogens with one attached hydrogen (secondary N) is 1. The third-order valence-corrected chi connectivity index (χ3v) is 3.93. The third kappa shape index (κ3) is 4.66. The second-order valence-corrected chi connectivity index (χ2v) is 5.66. The van der Waals surface area contributed by atoms with Gasteiger partial charge < -0.3 is 11.1 Å². The van der Waals surface area contributed by atoms with E-state index >= 15 is 0 Å². The summed E-state index contributed by atoms with van der Waals surface area (Å²) in [6.45, 7) is 7.15. The molecule has 0 aliphatic rings. The summed E-state index contributed by atoms with van der Waals surface area (Å²) in [5.74, 6) is -0.0775. The van der Waals surface area contributed by atoms with Crippen LogP contribution >= 0.6 is 23.7 Å². The minimum absolute atomic E-state index is 0. The van der Waals surface area contributed by atoms with E-state index in [9.17, 15) is 4.79 Å². The quantitative estimate of drug-likeness (QED) is 0.866. The van der Waals surface area contributed by atoms with Crippen molar-refractivity contribution >= 4 is 29.7 Å². The van der Waals surface area contributed by atoms with Crippen LogP contribution < -0.4 is 11.1 Å². The third-order valence-electron chi connectivity index (χ3n) is 2.69. The van der Waals surface area contributed by atoms with E-state index in [1.165, 1.54) is 4.88 Å². The van der Waals surface area contributed by atoms with Crippen LogP contribution in [-0.2, 0) is 10.2 Å². The van der Waals surface area contributed by atoms with Crippen molar-refractivity contribution in [3.8, 4) is 0 Å². The molecule has 0 aliphatic heterocycles. The summed E-state index contributed by atoms with van der Waals surface area (Å²) in [5.41, 5.74) is 5.43. The summed E-state index contributed by atoms with van der Waals surface area (Å²) in [4.78, 5) is 12.9. The zero-order chi connectivity index (χ0) is 12.2. The predicted molar refractivity (Wildman–Crippen MR) is 75.8 cm³/mol. The Balaban J connectivity index is 0.00000256. The summed E-state index contributed by atoms with van der Waals surface area (Å²) < 4.78 is 0. The van der Waals surface area contributed by atoms with Crippen molar-refractivity contribution in [1.29, 1.82) is 0 Å². The van der Waals surface area contributed by atoms with Gasteiger partial charge in [-0.05, 0) is 11.4 Å². The van der Waals surface area contributed by atoms with Crippen molar-refractivity contribution < 1.29 is 4.79 Å². The van der Waals surface area contributed by atoms with E-state index in [-0.39, 0.29) is 29.6 Å². The lowest BCUT2D eigenvalue weighted by Gasteiger charge is -2.24. The molecule has 1 atom stereocenters. The molecule has 3 N–H and O–H groups in total. The fourth-order valence-electron chi connectivity index (χ4n) is 1.34. The van der Waals surface area contributed by atoms with Crippen LogP contribution in [0.5, 0.6) is 0 Å². The fourth-order valence-corrected chi connectivity index (χ4v) is 2.19. The fraction of sp³-hybridized carbons (Fsp3) is 0.583. The molecule has 1 unspecified atom stereocenters. The van der Waals surface area contributed by atoms with Gasteiger partial charge in [0, 0.05) is 29.3 Å². The van der Waals surface area contributed by atoms with Crippen LogP contribution in [0.25, 0.3) is 0 Å². The molecule has 0 aromatic carbocycles. The van der Waals surface area contributed by atoms with E-state index < -0.39 is 0 Å². The summed E-state index contributed by atoms with van der Waals surface area (Å²) in [7, 11) is 0. The highest BCUT2D eigenvalue weighted by Crippen LogP contribution is 2.26. The number of halogens is 1. The molecule has 1 aromatic heterocycles. The number of carbonyl (C=O) groups excluding carboxylic acids is 1. The number of carbonyl (C=O) groups is 1. The molecule has 0 saturated carbocycles. The van der Waals surface area contributed by atoms with E-state index in [2.05, 4.69) is 30.6 Å². The van der Waals surface area contributed by atoms with Crippen LogP contribution in [0.4, 0.5) is 0 Å². The zero-order valence-corrected chi connectivity index (χ0v) is 12.2. The van der Waals surface area contributed by atoms with Gasteiger partial charge in [0.2, 0.25) is 5.91 Å². The predicted octanol–water partition coefficient (Wildman–Crippen LogP) is 2.16. The summed E-state index contributed by atoms with van der Waals surface area (Å²) >= 11 is 1.72. The van der Waals surface area contributed by atoms with Gasteiger partial charge in [-0.15, -0.1) is 23.7 Å². The molecule has 0 saturated heterocycles. The largest absolute Gasteiger partial charge is 0.355 e. The Morgan fingerprint density at radius 1 is 1.59 bits per heavy atom. The molecular formula is C12H21ClN2OS. The Kier molecular flexibility index (Phi) is 6.75. The molecule has 0 radical (unpaired) electrons. The van der Waals surface area contributed by atoms with Crippen LogP contribution in [0.2, 0.25) is 0 Å². The maximum absolute atomic E-state index is 11.6. The van der Waals surface area contributed by atoms with Gasteiger partial charge in [-0.3, -0.25) is 4.79 Å². The molecule has 0 fully saturated rings. The summed E-state index contributed by atoms with van der Waals surface area (Å²) in [6.07, 6.45) is 0. The van der Waals surface area contributed by atoms with E-state index in [1.807, 2.05) is 13.0 Å². The lowest BCUT2D eigenvalue weighted by Crippen LogP contribution is -2.40. The Morgan fingerprint density at radius 2 is 2.24 bits per heavy atom. The van der Waals surface area contributed by atoms with Crippen LogP contribution in [0, 0.1) is 5.92 Å². The Morgan fingerprint density at radius 3 is 2.71 bits per heavy atom. The maximum atomic E-state index is 11.6. The van der Waals surface area contributed by atoms with Crippen molar-refractivity contribution in [3.63, 3.8) is 0 Å². The lowest BCUT2D eigenvalue weighted by molar-refractivity contribution is -0.124. The highest BCUT2D eigenvalue weighted by Gasteiger charge is 2.23. The minimum atomic E-state index is -0.112. The average molecular weight is 277 g/mol. The molecule has 3 nitrogen and oxygen atoms in total. The normalized spacial score (nSPS) is 12.7. The molecule has 1 aromatic rings. The van der Waals surface area contributed by atoms with Gasteiger partial charge in [-0.25, -0.2) is 0 Å². The van der Waals surface area contributed by atoms with Crippen molar-refractivity contribution in [3.05, 3.63) is 22.4 Å². The van der Waals surface area contributed by atoms with Crippen molar-refractivity contribution in [2.24, 2.45) is 11.7 Å². The van der Waals surface area contributed by atoms with Gasteiger partial charge in [0.25, 0.3) is 0 Å². The first-order chi connectivity index (χ1) is 7.47. The second-order valence-electron chi connectivity index (χ2n) is 4.72. The number of thiophene rings is 1. The molecule has 5 heteroatoms. The first-order valence-corrected chi connectivity index (χ1v) is 6.37. The van der Waals surface area contributed by atoms with E-state index in [0.29, 0.717) is 13.1 Å². The van der Waals surface area contributed by atoms with Gasteiger partial charge in [0.15, 0.2) is 0 Å². The van der Waals surface area contributed by atoms with Crippen LogP contribution in [0.3, 0.4) is 0 Å². The van der Waals surface area contributed by atoms with Crippen LogP contribution in [0.15, 0.2) is 17.5 Å². The molecule has 0 aliphatic carbocycles. The van der Waals surface area contributed by atoms with Crippen LogP contribution in [-0.4, -0.2) is 19.0 Å². The SMILES string of the molecule is CC(CN)C(=O)NCC(C)(C)c1cccs1.Cl. The van der Waals surface area contributed by atoms with E-state index in [1.54, 1.807) is 11.3 Å². The second kappa shape index (κ2) is 6.99. The number of hydrogen-bond donors (Lipinski definition) is 2. The van der Waals surface area contributed by atoms with Gasteiger partial charge >= 0.3 is 0 Å². The number of amides is 1. The molecular weight excluding hydrogens is 256 g/mol. The Hall–Kier alpha value is -0.580. The standard InChI is InChI=1S/C12H20N2OS.ClH/c1-9(7-13)11(15)14-8-12(2,3)10-5-4-6-16-10;/h4-6,9H,7-8,13H2,1-3H3,(H,14,15);1H. The van der Waals surface area contributed by atoms with E-state index in [4.69, 9.17) is 5.73 Å². The number of nitrogens with two attached hydrogens (primary N) is 1.